The Bertz CT molecular complexity index is 1530. The number of aryl methyl sites for hydroxylation is 1. The van der Waals surface area contributed by atoms with E-state index < -0.39 is 0 Å². The van der Waals surface area contributed by atoms with Gasteiger partial charge < -0.3 is 14.8 Å². The number of hydrogen-bond acceptors (Lipinski definition) is 4. The predicted molar refractivity (Wildman–Crippen MR) is 134 cm³/mol. The molecule has 2 aliphatic heterocycles. The van der Waals surface area contributed by atoms with E-state index in [0.29, 0.717) is 25.2 Å². The van der Waals surface area contributed by atoms with Gasteiger partial charge in [0.1, 0.15) is 11.3 Å². The van der Waals surface area contributed by atoms with Crippen LogP contribution >= 0.6 is 0 Å². The van der Waals surface area contributed by atoms with Gasteiger partial charge in [0, 0.05) is 66.3 Å². The van der Waals surface area contributed by atoms with Crippen LogP contribution in [-0.4, -0.2) is 39.4 Å². The molecule has 7 nitrogen and oxygen atoms in total. The van der Waals surface area contributed by atoms with E-state index in [0.717, 1.165) is 51.2 Å². The first-order valence-electron chi connectivity index (χ1n) is 12.2. The fourth-order valence-electron chi connectivity index (χ4n) is 5.59. The first-order valence-corrected chi connectivity index (χ1v) is 12.2. The van der Waals surface area contributed by atoms with Crippen molar-refractivity contribution < 1.29 is 9.59 Å². The van der Waals surface area contributed by atoms with Crippen LogP contribution in [0.15, 0.2) is 54.9 Å². The van der Waals surface area contributed by atoms with Gasteiger partial charge in [-0.25, -0.2) is 4.98 Å². The lowest BCUT2D eigenvalue weighted by molar-refractivity contribution is -0.117. The number of nitrogens with one attached hydrogen (secondary N) is 1. The predicted octanol–water partition coefficient (Wildman–Crippen LogP) is 4.33. The van der Waals surface area contributed by atoms with E-state index in [2.05, 4.69) is 34.6 Å². The molecule has 1 N–H and O–H groups in total. The summed E-state index contributed by atoms with van der Waals surface area (Å²) >= 11 is 0. The Kier molecular flexibility index (Phi) is 4.22. The van der Waals surface area contributed by atoms with E-state index in [4.69, 9.17) is 4.98 Å². The highest BCUT2D eigenvalue weighted by molar-refractivity contribution is 6.03. The standard InChI is InChI=1S/C28H25N5O2/c1-17-10-22(23-12-24-27(35)30-8-9-32(24)26(23)31-17)20-11-19(14-29-15-20)18-2-4-21(5-3-18)33-16-28(6-7-28)13-25(33)34/h2-5,10-12,14-15H,6-9,13,16H2,1H3,(H,30,35). The van der Waals surface area contributed by atoms with Gasteiger partial charge in [-0.15, -0.1) is 0 Å². The second-order valence-corrected chi connectivity index (χ2v) is 10.2. The first-order chi connectivity index (χ1) is 17.0. The zero-order chi connectivity index (χ0) is 23.7. The molecule has 1 aliphatic carbocycles. The van der Waals surface area contributed by atoms with Crippen LogP contribution in [0.2, 0.25) is 0 Å². The van der Waals surface area contributed by atoms with Crippen LogP contribution in [-0.2, 0) is 11.3 Å². The van der Waals surface area contributed by atoms with Crippen molar-refractivity contribution in [1.82, 2.24) is 19.9 Å². The molecule has 1 aromatic carbocycles. The molecule has 3 aromatic heterocycles. The summed E-state index contributed by atoms with van der Waals surface area (Å²) in [6.07, 6.45) is 6.75. The average Bonchev–Trinajstić information content (AvgIpc) is 3.39. The number of benzene rings is 1. The van der Waals surface area contributed by atoms with Crippen LogP contribution < -0.4 is 10.2 Å². The molecule has 35 heavy (non-hydrogen) atoms. The van der Waals surface area contributed by atoms with Gasteiger partial charge in [-0.3, -0.25) is 14.6 Å². The third-order valence-corrected chi connectivity index (χ3v) is 7.69. The number of fused-ring (bicyclic) bond motifs is 3. The quantitative estimate of drug-likeness (QED) is 0.490. The zero-order valence-electron chi connectivity index (χ0n) is 19.5. The normalized spacial score (nSPS) is 18.3. The van der Waals surface area contributed by atoms with Gasteiger partial charge in [-0.1, -0.05) is 12.1 Å². The van der Waals surface area contributed by atoms with Crippen molar-refractivity contribution in [2.45, 2.75) is 32.7 Å². The minimum atomic E-state index is -0.0612. The molecule has 5 heterocycles. The summed E-state index contributed by atoms with van der Waals surface area (Å²) < 4.78 is 2.01. The highest BCUT2D eigenvalue weighted by atomic mass is 16.2. The van der Waals surface area contributed by atoms with Gasteiger partial charge >= 0.3 is 0 Å². The third kappa shape index (κ3) is 3.26. The number of hydrogen-bond donors (Lipinski definition) is 1. The van der Waals surface area contributed by atoms with Crippen molar-refractivity contribution >= 4 is 28.5 Å². The van der Waals surface area contributed by atoms with Gasteiger partial charge in [-0.2, -0.15) is 0 Å². The SMILES string of the molecule is Cc1cc(-c2cncc(-c3ccc(N4CC5(CC5)CC4=O)cc3)c2)c2cc3n(c2n1)CCNC3=O. The molecule has 1 spiro atoms. The monoisotopic (exact) mass is 463 g/mol. The number of carbonyl (C=O) groups excluding carboxylic acids is 2. The van der Waals surface area contributed by atoms with E-state index in [1.54, 1.807) is 0 Å². The van der Waals surface area contributed by atoms with E-state index in [-0.39, 0.29) is 17.2 Å². The van der Waals surface area contributed by atoms with Crippen LogP contribution in [0.4, 0.5) is 5.69 Å². The Hall–Kier alpha value is -4.00. The van der Waals surface area contributed by atoms with Crippen LogP contribution in [0, 0.1) is 12.3 Å². The smallest absolute Gasteiger partial charge is 0.268 e. The van der Waals surface area contributed by atoms with Gasteiger partial charge in [0.15, 0.2) is 0 Å². The van der Waals surface area contributed by atoms with Crippen LogP contribution in [0.1, 0.15) is 35.4 Å². The highest BCUT2D eigenvalue weighted by Gasteiger charge is 2.51. The lowest BCUT2D eigenvalue weighted by Crippen LogP contribution is -2.34. The van der Waals surface area contributed by atoms with Crippen molar-refractivity contribution in [1.29, 1.82) is 0 Å². The number of carbonyl (C=O) groups is 2. The van der Waals surface area contributed by atoms with Crippen LogP contribution in [0.5, 0.6) is 0 Å². The summed E-state index contributed by atoms with van der Waals surface area (Å²) in [7, 11) is 0. The summed E-state index contributed by atoms with van der Waals surface area (Å²) in [5, 5.41) is 3.87. The molecule has 0 atom stereocenters. The summed E-state index contributed by atoms with van der Waals surface area (Å²) in [6, 6.07) is 14.3. The molecule has 7 rings (SSSR count). The maximum absolute atomic E-state index is 12.5. The summed E-state index contributed by atoms with van der Waals surface area (Å²) in [5.74, 6) is 0.175. The second-order valence-electron chi connectivity index (χ2n) is 10.2. The molecule has 3 aliphatic rings. The van der Waals surface area contributed by atoms with Crippen molar-refractivity contribution in [3.05, 3.63) is 66.2 Å². The molecule has 4 aromatic rings. The number of aromatic nitrogens is 3. The lowest BCUT2D eigenvalue weighted by atomic mass is 10.00. The van der Waals surface area contributed by atoms with Crippen molar-refractivity contribution in [2.24, 2.45) is 5.41 Å². The van der Waals surface area contributed by atoms with E-state index in [1.807, 2.05) is 47.0 Å². The van der Waals surface area contributed by atoms with E-state index in [9.17, 15) is 9.59 Å². The molecular weight excluding hydrogens is 438 g/mol. The Balaban J connectivity index is 1.26. The Morgan fingerprint density at radius 2 is 1.77 bits per heavy atom. The topological polar surface area (TPSA) is 80.1 Å². The summed E-state index contributed by atoms with van der Waals surface area (Å²) in [6.45, 7) is 4.15. The van der Waals surface area contributed by atoms with Crippen LogP contribution in [0.25, 0.3) is 33.3 Å². The molecule has 0 bridgehead atoms. The molecule has 2 amide bonds. The van der Waals surface area contributed by atoms with Gasteiger partial charge in [0.05, 0.1) is 0 Å². The Morgan fingerprint density at radius 3 is 2.54 bits per heavy atom. The maximum atomic E-state index is 12.5. The molecule has 1 saturated carbocycles. The number of amides is 2. The largest absolute Gasteiger partial charge is 0.349 e. The molecule has 0 unspecified atom stereocenters. The maximum Gasteiger partial charge on any atom is 0.268 e. The summed E-state index contributed by atoms with van der Waals surface area (Å²) in [4.78, 5) is 36.1. The number of rotatable bonds is 3. The minimum absolute atomic E-state index is 0.0612. The second kappa shape index (κ2) is 7.25. The minimum Gasteiger partial charge on any atom is -0.349 e. The fourth-order valence-corrected chi connectivity index (χ4v) is 5.59. The zero-order valence-corrected chi connectivity index (χ0v) is 19.5. The number of nitrogens with zero attached hydrogens (tertiary/aromatic N) is 4. The average molecular weight is 464 g/mol. The van der Waals surface area contributed by atoms with Crippen molar-refractivity contribution in [2.75, 3.05) is 18.0 Å². The number of anilines is 1. The highest BCUT2D eigenvalue weighted by Crippen LogP contribution is 2.53. The van der Waals surface area contributed by atoms with Gasteiger partial charge in [0.25, 0.3) is 5.91 Å². The summed E-state index contributed by atoms with van der Waals surface area (Å²) in [5.41, 5.74) is 7.66. The van der Waals surface area contributed by atoms with E-state index >= 15 is 0 Å². The number of pyridine rings is 2. The molecule has 2 fully saturated rings. The van der Waals surface area contributed by atoms with Crippen molar-refractivity contribution in [3.8, 4) is 22.3 Å². The fraction of sp³-hybridized carbons (Fsp3) is 0.286. The van der Waals surface area contributed by atoms with E-state index in [1.165, 1.54) is 12.8 Å². The lowest BCUT2D eigenvalue weighted by Gasteiger charge is -2.17. The Morgan fingerprint density at radius 1 is 0.971 bits per heavy atom. The van der Waals surface area contributed by atoms with Gasteiger partial charge in [-0.05, 0) is 66.6 Å². The van der Waals surface area contributed by atoms with Crippen molar-refractivity contribution in [3.63, 3.8) is 0 Å². The van der Waals surface area contributed by atoms with Crippen LogP contribution in [0.3, 0.4) is 0 Å². The molecule has 1 saturated heterocycles. The molecule has 0 radical (unpaired) electrons. The molecule has 174 valence electrons. The first kappa shape index (κ1) is 20.4. The Labute approximate surface area is 202 Å². The molecule has 7 heteroatoms. The van der Waals surface area contributed by atoms with Gasteiger partial charge in [0.2, 0.25) is 5.91 Å². The third-order valence-electron chi connectivity index (χ3n) is 7.69. The molecular formula is C28H25N5O2.